The summed E-state index contributed by atoms with van der Waals surface area (Å²) in [4.78, 5) is 6.81. The smallest absolute Gasteiger partial charge is 0.147 e. The van der Waals surface area contributed by atoms with Gasteiger partial charge in [-0.2, -0.15) is 0 Å². The van der Waals surface area contributed by atoms with Gasteiger partial charge in [-0.25, -0.2) is 9.37 Å². The van der Waals surface area contributed by atoms with Crippen LogP contribution >= 0.6 is 0 Å². The first-order valence-corrected chi connectivity index (χ1v) is 3.59. The van der Waals surface area contributed by atoms with Gasteiger partial charge in [0.1, 0.15) is 12.5 Å². The summed E-state index contributed by atoms with van der Waals surface area (Å²) < 4.78 is 12.1. The number of hydrogen-bond acceptors (Lipinski definition) is 2. The highest BCUT2D eigenvalue weighted by atomic mass is 19.1. The number of anilines is 1. The van der Waals surface area contributed by atoms with Gasteiger partial charge in [0.25, 0.3) is 0 Å². The maximum absolute atomic E-state index is 12.1. The molecule has 0 aliphatic carbocycles. The largest absolute Gasteiger partial charge is 0.399 e. The van der Waals surface area contributed by atoms with Crippen LogP contribution in [0.25, 0.3) is 11.0 Å². The number of nitrogens with zero attached hydrogens (tertiary/aromatic N) is 1. The molecule has 0 saturated carbocycles. The predicted octanol–water partition coefficient (Wildman–Crippen LogP) is 1.61. The third kappa shape index (κ3) is 1.01. The third-order valence-corrected chi connectivity index (χ3v) is 1.68. The Kier molecular flexibility index (Phi) is 1.46. The van der Waals surface area contributed by atoms with Gasteiger partial charge >= 0.3 is 0 Å². The van der Waals surface area contributed by atoms with E-state index in [0.29, 0.717) is 11.5 Å². The second-order valence-corrected chi connectivity index (χ2v) is 2.59. The molecule has 0 bridgehead atoms. The summed E-state index contributed by atoms with van der Waals surface area (Å²) in [6, 6.07) is 5.24. The molecule has 0 fully saturated rings. The normalized spacial score (nSPS) is 10.8. The molecule has 12 heavy (non-hydrogen) atoms. The number of alkyl halides is 1. The molecule has 0 atom stereocenters. The number of hydrogen-bond donors (Lipinski definition) is 2. The molecule has 0 spiro atoms. The van der Waals surface area contributed by atoms with E-state index in [9.17, 15) is 4.39 Å². The van der Waals surface area contributed by atoms with Crippen molar-refractivity contribution in [3.05, 3.63) is 24.0 Å². The van der Waals surface area contributed by atoms with Crippen molar-refractivity contribution >= 4 is 16.7 Å². The molecule has 3 nitrogen and oxygen atoms in total. The number of halogens is 1. The molecule has 0 aliphatic rings. The Morgan fingerprint density at radius 2 is 2.33 bits per heavy atom. The number of nitrogens with one attached hydrogen (secondary N) is 1. The molecule has 3 N–H and O–H groups in total. The third-order valence-electron chi connectivity index (χ3n) is 1.68. The summed E-state index contributed by atoms with van der Waals surface area (Å²) in [6.45, 7) is -0.575. The number of rotatable bonds is 1. The molecule has 0 radical (unpaired) electrons. The number of imidazole rings is 1. The highest BCUT2D eigenvalue weighted by Crippen LogP contribution is 2.14. The minimum atomic E-state index is -0.575. The number of fused-ring (bicyclic) bond motifs is 1. The molecular formula is C8H8FN3. The summed E-state index contributed by atoms with van der Waals surface area (Å²) >= 11 is 0. The van der Waals surface area contributed by atoms with Crippen molar-refractivity contribution in [2.24, 2.45) is 0 Å². The Morgan fingerprint density at radius 3 is 3.08 bits per heavy atom. The molecule has 1 aromatic carbocycles. The summed E-state index contributed by atoms with van der Waals surface area (Å²) in [5.74, 6) is 0.343. The van der Waals surface area contributed by atoms with Crippen LogP contribution in [0.1, 0.15) is 5.82 Å². The van der Waals surface area contributed by atoms with Crippen molar-refractivity contribution < 1.29 is 4.39 Å². The van der Waals surface area contributed by atoms with Crippen molar-refractivity contribution in [3.63, 3.8) is 0 Å². The first-order chi connectivity index (χ1) is 5.79. The zero-order valence-corrected chi connectivity index (χ0v) is 6.34. The minimum Gasteiger partial charge on any atom is -0.399 e. The van der Waals surface area contributed by atoms with Crippen LogP contribution in [0.5, 0.6) is 0 Å². The lowest BCUT2D eigenvalue weighted by Gasteiger charge is -1.89. The van der Waals surface area contributed by atoms with Gasteiger partial charge in [-0.3, -0.25) is 0 Å². The first kappa shape index (κ1) is 7.09. The van der Waals surface area contributed by atoms with Gasteiger partial charge in [-0.1, -0.05) is 0 Å². The van der Waals surface area contributed by atoms with Gasteiger partial charge < -0.3 is 10.7 Å². The van der Waals surface area contributed by atoms with Gasteiger partial charge in [-0.05, 0) is 18.2 Å². The van der Waals surface area contributed by atoms with Crippen LogP contribution in [-0.2, 0) is 6.67 Å². The Bertz CT molecular complexity index is 408. The Balaban J connectivity index is 2.67. The van der Waals surface area contributed by atoms with E-state index in [-0.39, 0.29) is 0 Å². The van der Waals surface area contributed by atoms with Gasteiger partial charge in [0.05, 0.1) is 11.0 Å². The van der Waals surface area contributed by atoms with Crippen LogP contribution in [0.15, 0.2) is 18.2 Å². The van der Waals surface area contributed by atoms with Crippen molar-refractivity contribution in [3.8, 4) is 0 Å². The van der Waals surface area contributed by atoms with E-state index < -0.39 is 6.67 Å². The van der Waals surface area contributed by atoms with Crippen molar-refractivity contribution in [1.82, 2.24) is 9.97 Å². The quantitative estimate of drug-likeness (QED) is 0.631. The monoisotopic (exact) mass is 165 g/mol. The molecule has 0 unspecified atom stereocenters. The van der Waals surface area contributed by atoms with Crippen LogP contribution in [0.2, 0.25) is 0 Å². The summed E-state index contributed by atoms with van der Waals surface area (Å²) in [6.07, 6.45) is 0. The number of aromatic amines is 1. The van der Waals surface area contributed by atoms with E-state index in [1.54, 1.807) is 18.2 Å². The second kappa shape index (κ2) is 2.48. The van der Waals surface area contributed by atoms with Crippen LogP contribution < -0.4 is 5.73 Å². The maximum Gasteiger partial charge on any atom is 0.147 e. The number of nitrogen functional groups attached to an aromatic ring is 1. The van der Waals surface area contributed by atoms with E-state index in [1.165, 1.54) is 0 Å². The van der Waals surface area contributed by atoms with Crippen LogP contribution in [0.3, 0.4) is 0 Å². The lowest BCUT2D eigenvalue weighted by molar-refractivity contribution is 0.469. The second-order valence-electron chi connectivity index (χ2n) is 2.59. The molecular weight excluding hydrogens is 157 g/mol. The molecule has 0 amide bonds. The lowest BCUT2D eigenvalue weighted by Crippen LogP contribution is -1.82. The standard InChI is InChI=1S/C8H8FN3/c9-4-8-11-6-2-1-5(10)3-7(6)12-8/h1-3H,4,10H2,(H,11,12). The average Bonchev–Trinajstić information content (AvgIpc) is 2.46. The minimum absolute atomic E-state index is 0.343. The molecule has 62 valence electrons. The average molecular weight is 165 g/mol. The molecule has 1 heterocycles. The number of nitrogens with two attached hydrogens (primary N) is 1. The van der Waals surface area contributed by atoms with Gasteiger partial charge in [0.2, 0.25) is 0 Å². The number of aromatic nitrogens is 2. The van der Waals surface area contributed by atoms with E-state index >= 15 is 0 Å². The van der Waals surface area contributed by atoms with Crippen LogP contribution in [0, 0.1) is 0 Å². The van der Waals surface area contributed by atoms with Crippen molar-refractivity contribution in [2.75, 3.05) is 5.73 Å². The van der Waals surface area contributed by atoms with E-state index in [1.807, 2.05) is 0 Å². The molecule has 2 rings (SSSR count). The highest BCUT2D eigenvalue weighted by Gasteiger charge is 2.00. The highest BCUT2D eigenvalue weighted by molar-refractivity contribution is 5.78. The molecule has 4 heteroatoms. The Morgan fingerprint density at radius 1 is 1.50 bits per heavy atom. The summed E-state index contributed by atoms with van der Waals surface area (Å²) in [5.41, 5.74) is 7.71. The Labute approximate surface area is 68.4 Å². The van der Waals surface area contributed by atoms with Crippen LogP contribution in [0.4, 0.5) is 10.1 Å². The SMILES string of the molecule is Nc1ccc2nc(CF)[nH]c2c1. The van der Waals surface area contributed by atoms with E-state index in [4.69, 9.17) is 5.73 Å². The summed E-state index contributed by atoms with van der Waals surface area (Å²) in [7, 11) is 0. The lowest BCUT2D eigenvalue weighted by atomic mass is 10.3. The molecule has 0 saturated heterocycles. The van der Waals surface area contributed by atoms with Gasteiger partial charge in [0.15, 0.2) is 0 Å². The fraction of sp³-hybridized carbons (Fsp3) is 0.125. The fourth-order valence-electron chi connectivity index (χ4n) is 1.14. The number of benzene rings is 1. The van der Waals surface area contributed by atoms with Gasteiger partial charge in [0, 0.05) is 5.69 Å². The fourth-order valence-corrected chi connectivity index (χ4v) is 1.14. The van der Waals surface area contributed by atoms with E-state index in [2.05, 4.69) is 9.97 Å². The molecule has 2 aromatic rings. The first-order valence-electron chi connectivity index (χ1n) is 3.59. The zero-order valence-electron chi connectivity index (χ0n) is 6.34. The molecule has 0 aliphatic heterocycles. The zero-order chi connectivity index (χ0) is 8.55. The number of H-pyrrole nitrogens is 1. The summed E-state index contributed by atoms with van der Waals surface area (Å²) in [5, 5.41) is 0. The topological polar surface area (TPSA) is 54.7 Å². The predicted molar refractivity (Wildman–Crippen MR) is 45.3 cm³/mol. The van der Waals surface area contributed by atoms with Crippen molar-refractivity contribution in [1.29, 1.82) is 0 Å². The van der Waals surface area contributed by atoms with Crippen LogP contribution in [-0.4, -0.2) is 9.97 Å². The Hall–Kier alpha value is -1.58. The maximum atomic E-state index is 12.1. The van der Waals surface area contributed by atoms with Gasteiger partial charge in [-0.15, -0.1) is 0 Å². The van der Waals surface area contributed by atoms with Crippen molar-refractivity contribution in [2.45, 2.75) is 6.67 Å². The van der Waals surface area contributed by atoms with E-state index in [0.717, 1.165) is 11.0 Å². The molecule has 1 aromatic heterocycles.